The Labute approximate surface area is 114 Å². The van der Waals surface area contributed by atoms with Gasteiger partial charge in [-0.25, -0.2) is 0 Å². The van der Waals surface area contributed by atoms with E-state index in [9.17, 15) is 0 Å². The maximum Gasteiger partial charge on any atom is -0.0169 e. The van der Waals surface area contributed by atoms with E-state index in [1.807, 2.05) is 0 Å². The molecule has 0 bridgehead atoms. The fraction of sp³-hybridized carbons (Fsp3) is 0.500. The van der Waals surface area contributed by atoms with E-state index in [1.54, 1.807) is 0 Å². The molecular weight excluding hydrogens is 216 g/mol. The molecule has 0 heterocycles. The molecule has 101 valence electrons. The topological polar surface area (TPSA) is 0 Å². The van der Waals surface area contributed by atoms with E-state index < -0.39 is 0 Å². The second kappa shape index (κ2) is 16.0. The summed E-state index contributed by atoms with van der Waals surface area (Å²) in [5, 5.41) is 0. The Morgan fingerprint density at radius 3 is 1.67 bits per heavy atom. The lowest BCUT2D eigenvalue weighted by molar-refractivity contribution is 0.759. The van der Waals surface area contributed by atoms with Crippen LogP contribution in [-0.4, -0.2) is 0 Å². The molecule has 0 aromatic heterocycles. The van der Waals surface area contributed by atoms with Crippen LogP contribution < -0.4 is 0 Å². The van der Waals surface area contributed by atoms with Crippen molar-refractivity contribution in [1.29, 1.82) is 0 Å². The molecule has 0 heteroatoms. The summed E-state index contributed by atoms with van der Waals surface area (Å²) in [6.07, 6.45) is 27.0. The number of unbranched alkanes of at least 4 members (excludes halogenated alkanes) is 3. The van der Waals surface area contributed by atoms with Crippen LogP contribution in [-0.2, 0) is 0 Å². The standard InChI is InChI=1S/C18H29/c1-3-5-7-9-11-13-15-17-18-16-14-12-10-8-6-4-2/h6,8,11-14,17-18H,1,3-5,7,9-10,15-16H2,2H3. The van der Waals surface area contributed by atoms with Crippen LogP contribution in [0.1, 0.15) is 58.3 Å². The van der Waals surface area contributed by atoms with Gasteiger partial charge in [-0.2, -0.15) is 0 Å². The summed E-state index contributed by atoms with van der Waals surface area (Å²) in [4.78, 5) is 0. The monoisotopic (exact) mass is 245 g/mol. The third-order valence-electron chi connectivity index (χ3n) is 2.59. The van der Waals surface area contributed by atoms with Crippen molar-refractivity contribution < 1.29 is 0 Å². The molecule has 0 aliphatic rings. The van der Waals surface area contributed by atoms with E-state index in [0.29, 0.717) is 0 Å². The van der Waals surface area contributed by atoms with Crippen LogP contribution in [0.3, 0.4) is 0 Å². The maximum absolute atomic E-state index is 3.84. The largest absolute Gasteiger partial charge is 0.0885 e. The number of rotatable bonds is 11. The van der Waals surface area contributed by atoms with Gasteiger partial charge in [-0.05, 0) is 38.5 Å². The molecule has 0 spiro atoms. The zero-order valence-electron chi connectivity index (χ0n) is 12.0. The molecule has 0 aliphatic heterocycles. The Kier molecular flexibility index (Phi) is 15.0. The Bertz CT molecular complexity index is 253. The minimum absolute atomic E-state index is 1.05. The summed E-state index contributed by atoms with van der Waals surface area (Å²) in [5.41, 5.74) is 0. The number of hydrogen-bond donors (Lipinski definition) is 0. The molecule has 0 saturated heterocycles. The Balaban J connectivity index is 3.34. The van der Waals surface area contributed by atoms with Crippen LogP contribution in [0.2, 0.25) is 0 Å². The van der Waals surface area contributed by atoms with Gasteiger partial charge in [0.05, 0.1) is 0 Å². The van der Waals surface area contributed by atoms with E-state index in [0.717, 1.165) is 32.1 Å². The van der Waals surface area contributed by atoms with Crippen molar-refractivity contribution in [3.63, 3.8) is 0 Å². The molecule has 0 nitrogen and oxygen atoms in total. The van der Waals surface area contributed by atoms with Gasteiger partial charge in [0.2, 0.25) is 0 Å². The molecule has 0 aromatic carbocycles. The van der Waals surface area contributed by atoms with Crippen LogP contribution in [0.15, 0.2) is 48.6 Å². The fourth-order valence-electron chi connectivity index (χ4n) is 1.54. The first-order valence-electron chi connectivity index (χ1n) is 7.31. The predicted octanol–water partition coefficient (Wildman–Crippen LogP) is 6.19. The van der Waals surface area contributed by atoms with Gasteiger partial charge >= 0.3 is 0 Å². The first-order valence-corrected chi connectivity index (χ1v) is 7.31. The highest BCUT2D eigenvalue weighted by Crippen LogP contribution is 2.00. The van der Waals surface area contributed by atoms with Crippen LogP contribution in [0.5, 0.6) is 0 Å². The minimum atomic E-state index is 1.05. The van der Waals surface area contributed by atoms with Gasteiger partial charge in [0, 0.05) is 0 Å². The zero-order chi connectivity index (χ0) is 13.3. The van der Waals surface area contributed by atoms with E-state index in [-0.39, 0.29) is 0 Å². The Morgan fingerprint density at radius 2 is 1.17 bits per heavy atom. The summed E-state index contributed by atoms with van der Waals surface area (Å²) in [6.45, 7) is 6.00. The van der Waals surface area contributed by atoms with Crippen LogP contribution in [0.4, 0.5) is 0 Å². The van der Waals surface area contributed by atoms with Gasteiger partial charge in [0.1, 0.15) is 0 Å². The molecule has 0 N–H and O–H groups in total. The van der Waals surface area contributed by atoms with Crippen molar-refractivity contribution in [1.82, 2.24) is 0 Å². The highest BCUT2D eigenvalue weighted by atomic mass is 13.9. The SMILES string of the molecule is [CH2]CCCCC=CCC=CCC=CCC=CCC. The normalized spacial score (nSPS) is 12.8. The van der Waals surface area contributed by atoms with Crippen molar-refractivity contribution in [2.75, 3.05) is 0 Å². The van der Waals surface area contributed by atoms with E-state index in [4.69, 9.17) is 0 Å². The van der Waals surface area contributed by atoms with Gasteiger partial charge < -0.3 is 0 Å². The lowest BCUT2D eigenvalue weighted by Crippen LogP contribution is -1.70. The minimum Gasteiger partial charge on any atom is -0.0885 e. The third-order valence-corrected chi connectivity index (χ3v) is 2.59. The Hall–Kier alpha value is -1.04. The van der Waals surface area contributed by atoms with Gasteiger partial charge in [-0.15, -0.1) is 0 Å². The zero-order valence-corrected chi connectivity index (χ0v) is 12.0. The molecule has 0 rings (SSSR count). The molecule has 0 saturated carbocycles. The molecule has 0 unspecified atom stereocenters. The molecule has 0 atom stereocenters. The van der Waals surface area contributed by atoms with Crippen molar-refractivity contribution in [2.24, 2.45) is 0 Å². The maximum atomic E-state index is 3.84. The summed E-state index contributed by atoms with van der Waals surface area (Å²) in [5.74, 6) is 0. The van der Waals surface area contributed by atoms with E-state index >= 15 is 0 Å². The lowest BCUT2D eigenvalue weighted by atomic mass is 10.2. The highest BCUT2D eigenvalue weighted by Gasteiger charge is 1.80. The first kappa shape index (κ1) is 17.0. The van der Waals surface area contributed by atoms with Gasteiger partial charge in [0.15, 0.2) is 0 Å². The predicted molar refractivity (Wildman–Crippen MR) is 84.5 cm³/mol. The summed E-state index contributed by atoms with van der Waals surface area (Å²) < 4.78 is 0. The smallest absolute Gasteiger partial charge is 0.0169 e. The fourth-order valence-corrected chi connectivity index (χ4v) is 1.54. The molecule has 0 amide bonds. The van der Waals surface area contributed by atoms with Gasteiger partial charge in [-0.3, -0.25) is 0 Å². The molecule has 0 aliphatic carbocycles. The average Bonchev–Trinajstić information content (AvgIpc) is 2.39. The molecule has 0 aromatic rings. The molecule has 0 fully saturated rings. The molecule has 18 heavy (non-hydrogen) atoms. The first-order chi connectivity index (χ1) is 8.91. The number of allylic oxidation sites excluding steroid dienone is 8. The lowest BCUT2D eigenvalue weighted by Gasteiger charge is -1.90. The van der Waals surface area contributed by atoms with E-state index in [1.165, 1.54) is 19.3 Å². The molecular formula is C18H29. The quantitative estimate of drug-likeness (QED) is 0.301. The summed E-state index contributed by atoms with van der Waals surface area (Å²) in [7, 11) is 0. The second-order valence-corrected chi connectivity index (χ2v) is 4.35. The van der Waals surface area contributed by atoms with Crippen LogP contribution in [0.25, 0.3) is 0 Å². The van der Waals surface area contributed by atoms with Crippen molar-refractivity contribution >= 4 is 0 Å². The third kappa shape index (κ3) is 15.0. The van der Waals surface area contributed by atoms with Crippen LogP contribution in [0, 0.1) is 6.92 Å². The van der Waals surface area contributed by atoms with Gasteiger partial charge in [0.25, 0.3) is 0 Å². The van der Waals surface area contributed by atoms with E-state index in [2.05, 4.69) is 62.5 Å². The molecule has 1 radical (unpaired) electrons. The Morgan fingerprint density at radius 1 is 0.667 bits per heavy atom. The van der Waals surface area contributed by atoms with Crippen LogP contribution >= 0.6 is 0 Å². The average molecular weight is 245 g/mol. The second-order valence-electron chi connectivity index (χ2n) is 4.35. The van der Waals surface area contributed by atoms with Crippen molar-refractivity contribution in [2.45, 2.75) is 58.3 Å². The van der Waals surface area contributed by atoms with Crippen molar-refractivity contribution in [3.8, 4) is 0 Å². The summed E-state index contributed by atoms with van der Waals surface area (Å²) >= 11 is 0. The van der Waals surface area contributed by atoms with Crippen molar-refractivity contribution in [3.05, 3.63) is 55.5 Å². The highest BCUT2D eigenvalue weighted by molar-refractivity contribution is 4.99. The van der Waals surface area contributed by atoms with Gasteiger partial charge in [-0.1, -0.05) is 75.3 Å². The summed E-state index contributed by atoms with van der Waals surface area (Å²) in [6, 6.07) is 0. The number of hydrogen-bond acceptors (Lipinski definition) is 0.